The van der Waals surface area contributed by atoms with Gasteiger partial charge in [-0.1, -0.05) is 0 Å². The van der Waals surface area contributed by atoms with Gasteiger partial charge in [-0.15, -0.1) is 0 Å². The van der Waals surface area contributed by atoms with Crippen molar-refractivity contribution in [2.45, 2.75) is 57.7 Å². The molecule has 0 aromatic rings. The predicted molar refractivity (Wildman–Crippen MR) is 64.7 cm³/mol. The van der Waals surface area contributed by atoms with E-state index in [1.165, 1.54) is 0 Å². The molecule has 0 radical (unpaired) electrons. The van der Waals surface area contributed by atoms with Crippen molar-refractivity contribution in [3.8, 4) is 0 Å². The molecule has 0 spiro atoms. The lowest BCUT2D eigenvalue weighted by atomic mass is 9.88. The van der Waals surface area contributed by atoms with E-state index in [4.69, 9.17) is 4.74 Å². The first-order valence-corrected chi connectivity index (χ1v) is 6.50. The molecule has 1 aliphatic carbocycles. The fraction of sp³-hybridized carbons (Fsp3) is 0.923. The van der Waals surface area contributed by atoms with Crippen molar-refractivity contribution >= 4 is 6.09 Å². The lowest BCUT2D eigenvalue weighted by Gasteiger charge is -2.39. The normalized spacial score (nSPS) is 30.2. The Bertz CT molecular complexity index is 306. The Balaban J connectivity index is 1.95. The fourth-order valence-corrected chi connectivity index (χ4v) is 2.50. The molecule has 1 atom stereocenters. The summed E-state index contributed by atoms with van der Waals surface area (Å²) in [6.45, 7) is 6.72. The summed E-state index contributed by atoms with van der Waals surface area (Å²) in [5, 5.41) is 10.5. The van der Waals surface area contributed by atoms with E-state index in [1.54, 1.807) is 4.90 Å². The van der Waals surface area contributed by atoms with Crippen LogP contribution in [0.3, 0.4) is 0 Å². The van der Waals surface area contributed by atoms with Crippen molar-refractivity contribution in [1.29, 1.82) is 0 Å². The molecule has 1 N–H and O–H groups in total. The van der Waals surface area contributed by atoms with Gasteiger partial charge in [-0.3, -0.25) is 0 Å². The Hall–Kier alpha value is -0.770. The van der Waals surface area contributed by atoms with E-state index in [9.17, 15) is 9.90 Å². The van der Waals surface area contributed by atoms with Crippen LogP contribution in [-0.2, 0) is 4.74 Å². The minimum Gasteiger partial charge on any atom is -0.444 e. The minimum atomic E-state index is -0.658. The number of β-amino-alcohol motifs (C(OH)–C–C–N with tert-alkyl or cyclic N) is 1. The number of aliphatic hydroxyl groups is 1. The molecule has 1 heterocycles. The van der Waals surface area contributed by atoms with Crippen LogP contribution >= 0.6 is 0 Å². The lowest BCUT2D eigenvalue weighted by molar-refractivity contribution is -0.0555. The van der Waals surface area contributed by atoms with Crippen LogP contribution in [-0.4, -0.2) is 40.4 Å². The number of carbonyl (C=O) groups excluding carboxylic acids is 1. The van der Waals surface area contributed by atoms with Gasteiger partial charge in [0.1, 0.15) is 5.60 Å². The summed E-state index contributed by atoms with van der Waals surface area (Å²) in [4.78, 5) is 13.6. The van der Waals surface area contributed by atoms with E-state index in [2.05, 4.69) is 0 Å². The lowest BCUT2D eigenvalue weighted by Crippen LogP contribution is -2.52. The fourth-order valence-electron chi connectivity index (χ4n) is 2.50. The van der Waals surface area contributed by atoms with Crippen LogP contribution in [0.1, 0.15) is 46.5 Å². The molecule has 1 saturated carbocycles. The first kappa shape index (κ1) is 12.7. The molecule has 1 unspecified atom stereocenters. The highest BCUT2D eigenvalue weighted by molar-refractivity contribution is 5.68. The van der Waals surface area contributed by atoms with Crippen molar-refractivity contribution in [1.82, 2.24) is 4.90 Å². The number of nitrogens with zero attached hydrogens (tertiary/aromatic N) is 1. The molecule has 2 aliphatic rings. The number of ether oxygens (including phenoxy) is 1. The number of likely N-dealkylation sites (tertiary alicyclic amines) is 1. The summed E-state index contributed by atoms with van der Waals surface area (Å²) in [5.41, 5.74) is -1.12. The van der Waals surface area contributed by atoms with Crippen molar-refractivity contribution in [2.75, 3.05) is 13.1 Å². The third-order valence-corrected chi connectivity index (χ3v) is 3.49. The standard InChI is InChI=1S/C13H23NO3/c1-12(2,3)17-11(15)14-8-4-7-13(16,9-14)10-5-6-10/h10,16H,4-9H2,1-3H3. The molecular formula is C13H23NO3. The van der Waals surface area contributed by atoms with Gasteiger partial charge in [0.05, 0.1) is 12.1 Å². The number of piperidine rings is 1. The largest absolute Gasteiger partial charge is 0.444 e. The third kappa shape index (κ3) is 3.12. The molecule has 1 amide bonds. The van der Waals surface area contributed by atoms with Gasteiger partial charge in [0.15, 0.2) is 0 Å². The first-order valence-electron chi connectivity index (χ1n) is 6.50. The summed E-state index contributed by atoms with van der Waals surface area (Å²) in [6.07, 6.45) is 3.58. The van der Waals surface area contributed by atoms with E-state index in [0.717, 1.165) is 25.7 Å². The third-order valence-electron chi connectivity index (χ3n) is 3.49. The predicted octanol–water partition coefficient (Wildman–Crippen LogP) is 2.16. The number of amides is 1. The Kier molecular flexibility index (Phi) is 3.10. The van der Waals surface area contributed by atoms with Crippen molar-refractivity contribution in [2.24, 2.45) is 5.92 Å². The van der Waals surface area contributed by atoms with Crippen LogP contribution in [0.4, 0.5) is 4.79 Å². The summed E-state index contributed by atoms with van der Waals surface area (Å²) in [6, 6.07) is 0. The smallest absolute Gasteiger partial charge is 0.410 e. The average molecular weight is 241 g/mol. The van der Waals surface area contributed by atoms with Gasteiger partial charge in [0.25, 0.3) is 0 Å². The van der Waals surface area contributed by atoms with Crippen LogP contribution in [0.25, 0.3) is 0 Å². The Morgan fingerprint density at radius 1 is 1.41 bits per heavy atom. The van der Waals surface area contributed by atoms with E-state index >= 15 is 0 Å². The zero-order chi connectivity index (χ0) is 12.7. The number of rotatable bonds is 1. The molecule has 98 valence electrons. The van der Waals surface area contributed by atoms with Crippen molar-refractivity contribution in [3.63, 3.8) is 0 Å². The highest BCUT2D eigenvalue weighted by atomic mass is 16.6. The van der Waals surface area contributed by atoms with E-state index in [-0.39, 0.29) is 6.09 Å². The topological polar surface area (TPSA) is 49.8 Å². The SMILES string of the molecule is CC(C)(C)OC(=O)N1CCCC(O)(C2CC2)C1. The first-order chi connectivity index (χ1) is 7.80. The maximum Gasteiger partial charge on any atom is 0.410 e. The van der Waals surface area contributed by atoms with Gasteiger partial charge in [0, 0.05) is 6.54 Å². The Morgan fingerprint density at radius 3 is 2.59 bits per heavy atom. The highest BCUT2D eigenvalue weighted by Gasteiger charge is 2.47. The second-order valence-corrected chi connectivity index (χ2v) is 6.38. The molecular weight excluding hydrogens is 218 g/mol. The summed E-state index contributed by atoms with van der Waals surface area (Å²) in [5.74, 6) is 0.396. The van der Waals surface area contributed by atoms with Crippen LogP contribution in [0, 0.1) is 5.92 Å². The van der Waals surface area contributed by atoms with Crippen LogP contribution in [0.5, 0.6) is 0 Å². The maximum atomic E-state index is 11.9. The number of carbonyl (C=O) groups is 1. The van der Waals surface area contributed by atoms with E-state index < -0.39 is 11.2 Å². The highest BCUT2D eigenvalue weighted by Crippen LogP contribution is 2.44. The molecule has 0 bridgehead atoms. The molecule has 1 aliphatic heterocycles. The van der Waals surface area contributed by atoms with Crippen LogP contribution in [0.2, 0.25) is 0 Å². The van der Waals surface area contributed by atoms with Crippen molar-refractivity contribution in [3.05, 3.63) is 0 Å². The van der Waals surface area contributed by atoms with Crippen LogP contribution < -0.4 is 0 Å². The summed E-state index contributed by atoms with van der Waals surface area (Å²) < 4.78 is 5.35. The minimum absolute atomic E-state index is 0.295. The number of hydrogen-bond donors (Lipinski definition) is 1. The van der Waals surface area contributed by atoms with Crippen LogP contribution in [0.15, 0.2) is 0 Å². The summed E-state index contributed by atoms with van der Waals surface area (Å²) >= 11 is 0. The molecule has 2 rings (SSSR count). The zero-order valence-electron chi connectivity index (χ0n) is 11.0. The zero-order valence-corrected chi connectivity index (χ0v) is 11.0. The van der Waals surface area contributed by atoms with Gasteiger partial charge in [-0.2, -0.15) is 0 Å². The van der Waals surface area contributed by atoms with E-state index in [0.29, 0.717) is 19.0 Å². The molecule has 4 nitrogen and oxygen atoms in total. The van der Waals surface area contributed by atoms with Gasteiger partial charge >= 0.3 is 6.09 Å². The molecule has 0 aromatic heterocycles. The van der Waals surface area contributed by atoms with Gasteiger partial charge < -0.3 is 14.7 Å². The maximum absolute atomic E-state index is 11.9. The second-order valence-electron chi connectivity index (χ2n) is 6.38. The monoisotopic (exact) mass is 241 g/mol. The molecule has 1 saturated heterocycles. The van der Waals surface area contributed by atoms with Gasteiger partial charge in [-0.05, 0) is 52.4 Å². The summed E-state index contributed by atoms with van der Waals surface area (Å²) in [7, 11) is 0. The van der Waals surface area contributed by atoms with E-state index in [1.807, 2.05) is 20.8 Å². The van der Waals surface area contributed by atoms with Gasteiger partial charge in [-0.25, -0.2) is 4.79 Å². The van der Waals surface area contributed by atoms with Crippen molar-refractivity contribution < 1.29 is 14.6 Å². The second kappa shape index (κ2) is 4.16. The molecule has 4 heteroatoms. The quantitative estimate of drug-likeness (QED) is 0.765. The Labute approximate surface area is 103 Å². The number of hydrogen-bond acceptors (Lipinski definition) is 3. The Morgan fingerprint density at radius 2 is 2.06 bits per heavy atom. The molecule has 17 heavy (non-hydrogen) atoms. The molecule has 0 aromatic carbocycles. The van der Waals surface area contributed by atoms with Gasteiger partial charge in [0.2, 0.25) is 0 Å². The molecule has 2 fully saturated rings. The average Bonchev–Trinajstić information content (AvgIpc) is 2.98.